The molecule has 2 atom stereocenters. The zero-order valence-corrected chi connectivity index (χ0v) is 12.3. The van der Waals surface area contributed by atoms with Crippen molar-refractivity contribution in [2.75, 3.05) is 6.61 Å². The SMILES string of the molecule is C[C@H]1CCCC[C@H]1NC(=O)COc1ccc(F)cc1Cl. The highest BCUT2D eigenvalue weighted by Crippen LogP contribution is 2.25. The Hall–Kier alpha value is -1.29. The zero-order valence-electron chi connectivity index (χ0n) is 11.5. The Morgan fingerprint density at radius 3 is 2.90 bits per heavy atom. The zero-order chi connectivity index (χ0) is 14.5. The van der Waals surface area contributed by atoms with Gasteiger partial charge in [-0.1, -0.05) is 31.4 Å². The summed E-state index contributed by atoms with van der Waals surface area (Å²) in [6.45, 7) is 2.05. The molecule has 0 aromatic heterocycles. The second-order valence-electron chi connectivity index (χ2n) is 5.30. The van der Waals surface area contributed by atoms with Crippen LogP contribution in [0.4, 0.5) is 4.39 Å². The normalized spacial score (nSPS) is 22.4. The maximum atomic E-state index is 12.9. The molecule has 0 radical (unpaired) electrons. The van der Waals surface area contributed by atoms with E-state index in [0.717, 1.165) is 25.3 Å². The predicted molar refractivity (Wildman–Crippen MR) is 76.5 cm³/mol. The molecule has 1 aliphatic carbocycles. The van der Waals surface area contributed by atoms with E-state index in [1.807, 2.05) is 0 Å². The van der Waals surface area contributed by atoms with Crippen LogP contribution in [0.5, 0.6) is 5.75 Å². The molecule has 1 saturated carbocycles. The van der Waals surface area contributed by atoms with E-state index < -0.39 is 5.82 Å². The number of nitrogens with one attached hydrogen (secondary N) is 1. The van der Waals surface area contributed by atoms with Crippen LogP contribution in [0.25, 0.3) is 0 Å². The molecule has 5 heteroatoms. The topological polar surface area (TPSA) is 38.3 Å². The molecule has 110 valence electrons. The molecule has 3 nitrogen and oxygen atoms in total. The van der Waals surface area contributed by atoms with Crippen molar-refractivity contribution in [2.24, 2.45) is 5.92 Å². The van der Waals surface area contributed by atoms with Gasteiger partial charge >= 0.3 is 0 Å². The van der Waals surface area contributed by atoms with Crippen LogP contribution in [-0.2, 0) is 4.79 Å². The van der Waals surface area contributed by atoms with Crippen molar-refractivity contribution >= 4 is 17.5 Å². The van der Waals surface area contributed by atoms with E-state index in [0.29, 0.717) is 11.7 Å². The van der Waals surface area contributed by atoms with Crippen LogP contribution in [-0.4, -0.2) is 18.6 Å². The first-order chi connectivity index (χ1) is 9.56. The largest absolute Gasteiger partial charge is 0.482 e. The summed E-state index contributed by atoms with van der Waals surface area (Å²) in [4.78, 5) is 11.9. The maximum absolute atomic E-state index is 12.9. The average molecular weight is 300 g/mol. The Morgan fingerprint density at radius 1 is 1.45 bits per heavy atom. The number of halogens is 2. The first-order valence-electron chi connectivity index (χ1n) is 6.93. The van der Waals surface area contributed by atoms with Gasteiger partial charge in [0.25, 0.3) is 5.91 Å². The lowest BCUT2D eigenvalue weighted by Crippen LogP contribution is -2.43. The third kappa shape index (κ3) is 4.10. The van der Waals surface area contributed by atoms with Crippen molar-refractivity contribution in [1.29, 1.82) is 0 Å². The number of carbonyl (C=O) groups is 1. The number of hydrogen-bond acceptors (Lipinski definition) is 2. The molecule has 1 amide bonds. The molecule has 1 aliphatic rings. The minimum absolute atomic E-state index is 0.103. The summed E-state index contributed by atoms with van der Waals surface area (Å²) >= 11 is 5.83. The van der Waals surface area contributed by atoms with E-state index in [4.69, 9.17) is 16.3 Å². The van der Waals surface area contributed by atoms with Gasteiger partial charge in [-0.2, -0.15) is 0 Å². The van der Waals surface area contributed by atoms with Gasteiger partial charge in [0.1, 0.15) is 11.6 Å². The van der Waals surface area contributed by atoms with Crippen molar-refractivity contribution in [3.8, 4) is 5.75 Å². The van der Waals surface area contributed by atoms with Gasteiger partial charge in [-0.15, -0.1) is 0 Å². The van der Waals surface area contributed by atoms with Gasteiger partial charge in [0.15, 0.2) is 6.61 Å². The smallest absolute Gasteiger partial charge is 0.258 e. The summed E-state index contributed by atoms with van der Waals surface area (Å²) < 4.78 is 18.2. The molecule has 0 saturated heterocycles. The second-order valence-corrected chi connectivity index (χ2v) is 5.71. The fourth-order valence-electron chi connectivity index (χ4n) is 2.51. The van der Waals surface area contributed by atoms with Gasteiger partial charge in [-0.3, -0.25) is 4.79 Å². The van der Waals surface area contributed by atoms with Crippen molar-refractivity contribution in [3.05, 3.63) is 29.0 Å². The molecule has 0 bridgehead atoms. The third-order valence-electron chi connectivity index (χ3n) is 3.71. The second kappa shape index (κ2) is 6.93. The lowest BCUT2D eigenvalue weighted by molar-refractivity contribution is -0.124. The van der Waals surface area contributed by atoms with E-state index in [1.54, 1.807) is 0 Å². The van der Waals surface area contributed by atoms with E-state index in [1.165, 1.54) is 18.6 Å². The summed E-state index contributed by atoms with van der Waals surface area (Å²) in [6, 6.07) is 4.07. The molecule has 0 heterocycles. The maximum Gasteiger partial charge on any atom is 0.258 e. The fourth-order valence-corrected chi connectivity index (χ4v) is 2.74. The Morgan fingerprint density at radius 2 is 2.20 bits per heavy atom. The van der Waals surface area contributed by atoms with Crippen LogP contribution < -0.4 is 10.1 Å². The molecule has 1 fully saturated rings. The summed E-state index contributed by atoms with van der Waals surface area (Å²) in [7, 11) is 0. The lowest BCUT2D eigenvalue weighted by atomic mass is 9.86. The molecule has 1 aromatic carbocycles. The molecular formula is C15H19ClFNO2. The van der Waals surface area contributed by atoms with Gasteiger partial charge in [0.2, 0.25) is 0 Å². The summed E-state index contributed by atoms with van der Waals surface area (Å²) in [5.41, 5.74) is 0. The monoisotopic (exact) mass is 299 g/mol. The van der Waals surface area contributed by atoms with Gasteiger partial charge in [-0.05, 0) is 37.0 Å². The molecule has 0 unspecified atom stereocenters. The molecule has 0 aliphatic heterocycles. The van der Waals surface area contributed by atoms with Gasteiger partial charge in [0.05, 0.1) is 5.02 Å². The van der Waals surface area contributed by atoms with Gasteiger partial charge in [0, 0.05) is 6.04 Å². The van der Waals surface area contributed by atoms with Crippen LogP contribution >= 0.6 is 11.6 Å². The fraction of sp³-hybridized carbons (Fsp3) is 0.533. The molecule has 2 rings (SSSR count). The van der Waals surface area contributed by atoms with Crippen molar-refractivity contribution in [2.45, 2.75) is 38.6 Å². The van der Waals surface area contributed by atoms with Crippen molar-refractivity contribution < 1.29 is 13.9 Å². The lowest BCUT2D eigenvalue weighted by Gasteiger charge is -2.29. The first kappa shape index (κ1) is 15.1. The summed E-state index contributed by atoms with van der Waals surface area (Å²) in [6.07, 6.45) is 4.55. The average Bonchev–Trinajstić information content (AvgIpc) is 2.40. The molecule has 20 heavy (non-hydrogen) atoms. The van der Waals surface area contributed by atoms with Crippen LogP contribution in [0.2, 0.25) is 5.02 Å². The molecule has 0 spiro atoms. The van der Waals surface area contributed by atoms with Crippen LogP contribution in [0, 0.1) is 11.7 Å². The van der Waals surface area contributed by atoms with E-state index >= 15 is 0 Å². The Bertz CT molecular complexity index is 481. The number of rotatable bonds is 4. The highest BCUT2D eigenvalue weighted by Gasteiger charge is 2.22. The summed E-state index contributed by atoms with van der Waals surface area (Å²) in [5.74, 6) is 0.231. The standard InChI is InChI=1S/C15H19ClFNO2/c1-10-4-2-3-5-13(10)18-15(19)9-20-14-7-6-11(17)8-12(14)16/h6-8,10,13H,2-5,9H2,1H3,(H,18,19)/t10-,13+/m0/s1. The van der Waals surface area contributed by atoms with Crippen LogP contribution in [0.15, 0.2) is 18.2 Å². The number of hydrogen-bond donors (Lipinski definition) is 1. The highest BCUT2D eigenvalue weighted by molar-refractivity contribution is 6.32. The summed E-state index contributed by atoms with van der Waals surface area (Å²) in [5, 5.41) is 3.16. The van der Waals surface area contributed by atoms with Crippen LogP contribution in [0.1, 0.15) is 32.6 Å². The third-order valence-corrected chi connectivity index (χ3v) is 4.01. The van der Waals surface area contributed by atoms with Gasteiger partial charge in [-0.25, -0.2) is 4.39 Å². The first-order valence-corrected chi connectivity index (χ1v) is 7.31. The van der Waals surface area contributed by atoms with E-state index in [2.05, 4.69) is 12.2 Å². The quantitative estimate of drug-likeness (QED) is 0.923. The number of carbonyl (C=O) groups excluding carboxylic acids is 1. The number of amides is 1. The van der Waals surface area contributed by atoms with Crippen molar-refractivity contribution in [3.63, 3.8) is 0 Å². The Balaban J connectivity index is 1.82. The molecule has 1 N–H and O–H groups in total. The number of benzene rings is 1. The van der Waals surface area contributed by atoms with E-state index in [9.17, 15) is 9.18 Å². The van der Waals surface area contributed by atoms with Gasteiger partial charge < -0.3 is 10.1 Å². The molecule has 1 aromatic rings. The van der Waals surface area contributed by atoms with E-state index in [-0.39, 0.29) is 23.6 Å². The Labute approximate surface area is 123 Å². The minimum Gasteiger partial charge on any atom is -0.482 e. The number of ether oxygens (including phenoxy) is 1. The highest BCUT2D eigenvalue weighted by atomic mass is 35.5. The minimum atomic E-state index is -0.428. The van der Waals surface area contributed by atoms with Crippen LogP contribution in [0.3, 0.4) is 0 Å². The molecular weight excluding hydrogens is 281 g/mol. The predicted octanol–water partition coefficient (Wildman–Crippen LogP) is 3.55. The van der Waals surface area contributed by atoms with Crippen molar-refractivity contribution in [1.82, 2.24) is 5.32 Å². The Kier molecular flexibility index (Phi) is 5.24.